The van der Waals surface area contributed by atoms with Gasteiger partial charge in [-0.2, -0.15) is 4.31 Å². The van der Waals surface area contributed by atoms with Crippen molar-refractivity contribution < 1.29 is 22.7 Å². The van der Waals surface area contributed by atoms with E-state index in [-0.39, 0.29) is 10.9 Å². The van der Waals surface area contributed by atoms with Crippen LogP contribution in [0.1, 0.15) is 13.8 Å². The molecule has 0 bridgehead atoms. The fourth-order valence-electron chi connectivity index (χ4n) is 2.85. The molecule has 11 heteroatoms. The normalized spacial score (nSPS) is 16.5. The molecule has 1 aromatic heterocycles. The predicted molar refractivity (Wildman–Crippen MR) is 108 cm³/mol. The lowest BCUT2D eigenvalue weighted by atomic mass is 10.2. The van der Waals surface area contributed by atoms with Crippen LogP contribution in [0, 0.1) is 0 Å². The number of rotatable bonds is 7. The molecule has 1 saturated heterocycles. The zero-order valence-electron chi connectivity index (χ0n) is 16.6. The van der Waals surface area contributed by atoms with Gasteiger partial charge in [0, 0.05) is 25.7 Å². The Bertz CT molecular complexity index is 953. The van der Waals surface area contributed by atoms with Gasteiger partial charge in [0.1, 0.15) is 5.25 Å². The van der Waals surface area contributed by atoms with E-state index < -0.39 is 15.3 Å². The van der Waals surface area contributed by atoms with E-state index in [0.717, 1.165) is 5.56 Å². The Morgan fingerprint density at radius 1 is 1.24 bits per heavy atom. The quantitative estimate of drug-likeness (QED) is 0.472. The number of hydrogen-bond donors (Lipinski definition) is 0. The number of carbonyl (C=O) groups is 1. The van der Waals surface area contributed by atoms with Crippen LogP contribution in [-0.4, -0.2) is 71.6 Å². The summed E-state index contributed by atoms with van der Waals surface area (Å²) in [6.45, 7) is 5.36. The van der Waals surface area contributed by atoms with Crippen LogP contribution in [-0.2, 0) is 31.3 Å². The number of benzene rings is 1. The lowest BCUT2D eigenvalue weighted by molar-refractivity contribution is -0.142. The van der Waals surface area contributed by atoms with Crippen LogP contribution in [0.4, 0.5) is 0 Å². The lowest BCUT2D eigenvalue weighted by Crippen LogP contribution is -2.40. The second-order valence-corrected chi connectivity index (χ2v) is 9.66. The van der Waals surface area contributed by atoms with Gasteiger partial charge in [0.25, 0.3) is 0 Å². The summed E-state index contributed by atoms with van der Waals surface area (Å²) in [5.41, 5.74) is 0.733. The number of carbonyl (C=O) groups excluding carboxylic acids is 1. The number of aromatic nitrogens is 3. The fourth-order valence-corrected chi connectivity index (χ4v) is 5.07. The number of nitrogens with zero attached hydrogens (tertiary/aromatic N) is 4. The first-order chi connectivity index (χ1) is 13.8. The maximum Gasteiger partial charge on any atom is 0.319 e. The molecule has 1 atom stereocenters. The minimum absolute atomic E-state index is 0.232. The molecule has 9 nitrogen and oxygen atoms in total. The Hall–Kier alpha value is -1.95. The SMILES string of the molecule is CCOC(=O)[C@H](C)Sc1nnc(-c2ccc(S(=O)(=O)N3CCOCC3)cc2)n1C. The molecule has 3 rings (SSSR count). The molecule has 0 N–H and O–H groups in total. The molecule has 2 heterocycles. The first-order valence-corrected chi connectivity index (χ1v) is 11.6. The number of ether oxygens (including phenoxy) is 2. The van der Waals surface area contributed by atoms with Gasteiger partial charge in [-0.3, -0.25) is 4.79 Å². The van der Waals surface area contributed by atoms with Crippen molar-refractivity contribution in [3.05, 3.63) is 24.3 Å². The molecule has 0 unspecified atom stereocenters. The van der Waals surface area contributed by atoms with E-state index >= 15 is 0 Å². The van der Waals surface area contributed by atoms with E-state index in [1.807, 2.05) is 0 Å². The molecular formula is C18H24N4O5S2. The average Bonchev–Trinajstić information content (AvgIpc) is 3.09. The lowest BCUT2D eigenvalue weighted by Gasteiger charge is -2.26. The third kappa shape index (κ3) is 4.80. The van der Waals surface area contributed by atoms with Gasteiger partial charge in [-0.25, -0.2) is 8.42 Å². The van der Waals surface area contributed by atoms with Crippen molar-refractivity contribution in [2.75, 3.05) is 32.9 Å². The number of morpholine rings is 1. The summed E-state index contributed by atoms with van der Waals surface area (Å²) in [5, 5.41) is 8.50. The van der Waals surface area contributed by atoms with Crippen molar-refractivity contribution in [1.82, 2.24) is 19.1 Å². The highest BCUT2D eigenvalue weighted by atomic mass is 32.2. The molecule has 158 valence electrons. The van der Waals surface area contributed by atoms with Gasteiger partial charge in [-0.1, -0.05) is 11.8 Å². The Morgan fingerprint density at radius 2 is 1.90 bits per heavy atom. The van der Waals surface area contributed by atoms with Crippen molar-refractivity contribution in [2.24, 2.45) is 7.05 Å². The van der Waals surface area contributed by atoms with Crippen LogP contribution in [0.25, 0.3) is 11.4 Å². The van der Waals surface area contributed by atoms with E-state index in [1.54, 1.807) is 49.7 Å². The van der Waals surface area contributed by atoms with Gasteiger partial charge in [0.2, 0.25) is 10.0 Å². The van der Waals surface area contributed by atoms with Crippen LogP contribution < -0.4 is 0 Å². The standard InChI is InChI=1S/C18H24N4O5S2/c1-4-27-17(23)13(2)28-18-20-19-16(21(18)3)14-5-7-15(8-6-14)29(24,25)22-9-11-26-12-10-22/h5-8,13H,4,9-12H2,1-3H3/t13-/m0/s1. The molecule has 0 aliphatic carbocycles. The monoisotopic (exact) mass is 440 g/mol. The van der Waals surface area contributed by atoms with Crippen LogP contribution in [0.15, 0.2) is 34.3 Å². The van der Waals surface area contributed by atoms with Gasteiger partial charge < -0.3 is 14.0 Å². The molecular weight excluding hydrogens is 416 g/mol. The summed E-state index contributed by atoms with van der Waals surface area (Å²) in [6.07, 6.45) is 0. The number of sulfonamides is 1. The van der Waals surface area contributed by atoms with Crippen LogP contribution in [0.3, 0.4) is 0 Å². The number of thioether (sulfide) groups is 1. The van der Waals surface area contributed by atoms with Gasteiger partial charge in [-0.15, -0.1) is 10.2 Å². The highest BCUT2D eigenvalue weighted by molar-refractivity contribution is 8.00. The van der Waals surface area contributed by atoms with Crippen LogP contribution in [0.2, 0.25) is 0 Å². The summed E-state index contributed by atoms with van der Waals surface area (Å²) in [4.78, 5) is 12.1. The Kier molecular flexibility index (Phi) is 6.93. The zero-order chi connectivity index (χ0) is 21.0. The molecule has 1 aromatic carbocycles. The number of hydrogen-bond acceptors (Lipinski definition) is 8. The number of esters is 1. The fraction of sp³-hybridized carbons (Fsp3) is 0.500. The molecule has 2 aromatic rings. The minimum Gasteiger partial charge on any atom is -0.465 e. The van der Waals surface area contributed by atoms with Crippen molar-refractivity contribution >= 4 is 27.8 Å². The van der Waals surface area contributed by atoms with Crippen molar-refractivity contribution in [3.8, 4) is 11.4 Å². The van der Waals surface area contributed by atoms with E-state index in [9.17, 15) is 13.2 Å². The summed E-state index contributed by atoms with van der Waals surface area (Å²) in [7, 11) is -1.74. The molecule has 0 spiro atoms. The second kappa shape index (κ2) is 9.24. The van der Waals surface area contributed by atoms with E-state index in [2.05, 4.69) is 10.2 Å². The van der Waals surface area contributed by atoms with Crippen molar-refractivity contribution in [2.45, 2.75) is 29.1 Å². The highest BCUT2D eigenvalue weighted by Crippen LogP contribution is 2.27. The molecule has 1 aliphatic heterocycles. The summed E-state index contributed by atoms with van der Waals surface area (Å²) in [5.74, 6) is 0.276. The third-order valence-electron chi connectivity index (χ3n) is 4.46. The molecule has 1 aliphatic rings. The predicted octanol–water partition coefficient (Wildman–Crippen LogP) is 1.55. The molecule has 1 fully saturated rings. The Balaban J connectivity index is 1.77. The highest BCUT2D eigenvalue weighted by Gasteiger charge is 2.26. The Morgan fingerprint density at radius 3 is 2.52 bits per heavy atom. The minimum atomic E-state index is -3.54. The van der Waals surface area contributed by atoms with Crippen LogP contribution in [0.5, 0.6) is 0 Å². The summed E-state index contributed by atoms with van der Waals surface area (Å²) >= 11 is 1.26. The topological polar surface area (TPSA) is 104 Å². The van der Waals surface area contributed by atoms with E-state index in [4.69, 9.17) is 9.47 Å². The smallest absolute Gasteiger partial charge is 0.319 e. The second-order valence-electron chi connectivity index (χ2n) is 6.42. The largest absolute Gasteiger partial charge is 0.465 e. The third-order valence-corrected chi connectivity index (χ3v) is 7.48. The molecule has 0 amide bonds. The van der Waals surface area contributed by atoms with E-state index in [0.29, 0.717) is 43.9 Å². The summed E-state index contributed by atoms with van der Waals surface area (Å²) in [6, 6.07) is 6.56. The molecule has 0 saturated carbocycles. The Labute approximate surface area is 174 Å². The van der Waals surface area contributed by atoms with Crippen molar-refractivity contribution in [1.29, 1.82) is 0 Å². The summed E-state index contributed by atoms with van der Waals surface area (Å²) < 4.78 is 38.9. The average molecular weight is 441 g/mol. The first-order valence-electron chi connectivity index (χ1n) is 9.25. The van der Waals surface area contributed by atoms with Gasteiger partial charge in [0.05, 0.1) is 24.7 Å². The maximum atomic E-state index is 12.7. The molecule has 0 radical (unpaired) electrons. The van der Waals surface area contributed by atoms with Gasteiger partial charge >= 0.3 is 5.97 Å². The zero-order valence-corrected chi connectivity index (χ0v) is 18.2. The van der Waals surface area contributed by atoms with Crippen molar-refractivity contribution in [3.63, 3.8) is 0 Å². The first kappa shape index (κ1) is 21.8. The van der Waals surface area contributed by atoms with Crippen LogP contribution >= 0.6 is 11.8 Å². The molecule has 29 heavy (non-hydrogen) atoms. The maximum absolute atomic E-state index is 12.7. The van der Waals surface area contributed by atoms with Gasteiger partial charge in [-0.05, 0) is 38.1 Å². The van der Waals surface area contributed by atoms with Gasteiger partial charge in [0.15, 0.2) is 11.0 Å². The van der Waals surface area contributed by atoms with E-state index in [1.165, 1.54) is 16.1 Å².